The van der Waals surface area contributed by atoms with Crippen LogP contribution in [0, 0.1) is 12.7 Å². The lowest BCUT2D eigenvalue weighted by molar-refractivity contribution is -0.122. The Hall–Kier alpha value is -2.11. The van der Waals surface area contributed by atoms with Crippen molar-refractivity contribution in [3.05, 3.63) is 29.1 Å². The molecule has 2 amide bonds. The van der Waals surface area contributed by atoms with Gasteiger partial charge < -0.3 is 16.0 Å². The topological polar surface area (TPSA) is 75.4 Å². The number of likely N-dealkylation sites (N-methyl/N-ethyl adjacent to an activating group) is 1. The summed E-state index contributed by atoms with van der Waals surface area (Å²) in [5.41, 5.74) is 6.11. The van der Waals surface area contributed by atoms with Crippen LogP contribution in [0.2, 0.25) is 0 Å². The van der Waals surface area contributed by atoms with Gasteiger partial charge in [0.25, 0.3) is 5.91 Å². The summed E-state index contributed by atoms with van der Waals surface area (Å²) in [6.45, 7) is 5.04. The molecule has 0 unspecified atom stereocenters. The molecule has 5 nitrogen and oxygen atoms in total. The van der Waals surface area contributed by atoms with Gasteiger partial charge in [-0.15, -0.1) is 0 Å². The van der Waals surface area contributed by atoms with Crippen molar-refractivity contribution in [2.45, 2.75) is 26.8 Å². The maximum Gasteiger partial charge on any atom is 0.257 e. The standard InChI is InChI=1S/C14H20FN3O2/c1-8(2)17-12(19)7-18(4)14(20)11-6-10(16)5-9(3)13(11)15/h5-6,8H,7,16H2,1-4H3,(H,17,19). The minimum atomic E-state index is -0.611. The molecule has 0 aliphatic carbocycles. The van der Waals surface area contributed by atoms with Crippen molar-refractivity contribution in [3.63, 3.8) is 0 Å². The number of nitrogens with zero attached hydrogens (tertiary/aromatic N) is 1. The largest absolute Gasteiger partial charge is 0.399 e. The molecule has 3 N–H and O–H groups in total. The van der Waals surface area contributed by atoms with Gasteiger partial charge in [0.15, 0.2) is 0 Å². The van der Waals surface area contributed by atoms with E-state index in [1.54, 1.807) is 0 Å². The second kappa shape index (κ2) is 6.36. The molecule has 0 fully saturated rings. The van der Waals surface area contributed by atoms with Crippen LogP contribution in [-0.2, 0) is 4.79 Å². The molecule has 0 aliphatic rings. The minimum Gasteiger partial charge on any atom is -0.399 e. The summed E-state index contributed by atoms with van der Waals surface area (Å²) in [6.07, 6.45) is 0. The van der Waals surface area contributed by atoms with E-state index in [4.69, 9.17) is 5.73 Å². The fourth-order valence-electron chi connectivity index (χ4n) is 1.81. The fraction of sp³-hybridized carbons (Fsp3) is 0.429. The smallest absolute Gasteiger partial charge is 0.257 e. The molecular formula is C14H20FN3O2. The van der Waals surface area contributed by atoms with Crippen LogP contribution in [0.25, 0.3) is 0 Å². The van der Waals surface area contributed by atoms with Crippen LogP contribution in [0.5, 0.6) is 0 Å². The van der Waals surface area contributed by atoms with E-state index >= 15 is 0 Å². The van der Waals surface area contributed by atoms with Crippen molar-refractivity contribution in [1.29, 1.82) is 0 Å². The van der Waals surface area contributed by atoms with Crippen molar-refractivity contribution < 1.29 is 14.0 Å². The van der Waals surface area contributed by atoms with Gasteiger partial charge in [-0.1, -0.05) is 0 Å². The van der Waals surface area contributed by atoms with Crippen LogP contribution in [-0.4, -0.2) is 36.3 Å². The zero-order valence-corrected chi connectivity index (χ0v) is 12.2. The van der Waals surface area contributed by atoms with Crippen molar-refractivity contribution in [1.82, 2.24) is 10.2 Å². The molecule has 0 aliphatic heterocycles. The molecule has 0 radical (unpaired) electrons. The van der Waals surface area contributed by atoms with Gasteiger partial charge >= 0.3 is 0 Å². The molecule has 1 rings (SSSR count). The summed E-state index contributed by atoms with van der Waals surface area (Å²) >= 11 is 0. The first kappa shape index (κ1) is 15.9. The number of nitrogens with one attached hydrogen (secondary N) is 1. The monoisotopic (exact) mass is 281 g/mol. The molecule has 0 saturated carbocycles. The summed E-state index contributed by atoms with van der Waals surface area (Å²) in [5, 5.41) is 2.67. The van der Waals surface area contributed by atoms with Gasteiger partial charge in [-0.2, -0.15) is 0 Å². The molecule has 0 heterocycles. The molecule has 0 atom stereocenters. The van der Waals surface area contributed by atoms with Crippen molar-refractivity contribution >= 4 is 17.5 Å². The zero-order chi connectivity index (χ0) is 15.4. The summed E-state index contributed by atoms with van der Waals surface area (Å²) in [7, 11) is 1.44. The molecule has 6 heteroatoms. The quantitative estimate of drug-likeness (QED) is 0.817. The number of rotatable bonds is 4. The van der Waals surface area contributed by atoms with E-state index in [2.05, 4.69) is 5.32 Å². The Kier molecular flexibility index (Phi) is 5.07. The number of amides is 2. The number of carbonyl (C=O) groups excluding carboxylic acids is 2. The summed E-state index contributed by atoms with van der Waals surface area (Å²) in [4.78, 5) is 24.9. The van der Waals surface area contributed by atoms with Crippen molar-refractivity contribution in [2.75, 3.05) is 19.3 Å². The van der Waals surface area contributed by atoms with Crippen LogP contribution in [0.15, 0.2) is 12.1 Å². The number of hydrogen-bond acceptors (Lipinski definition) is 3. The molecule has 0 spiro atoms. The highest BCUT2D eigenvalue weighted by molar-refractivity contribution is 5.97. The van der Waals surface area contributed by atoms with Gasteiger partial charge in [0.2, 0.25) is 5.91 Å². The Morgan fingerprint density at radius 1 is 1.40 bits per heavy atom. The Labute approximate surface area is 117 Å². The van der Waals surface area contributed by atoms with E-state index in [-0.39, 0.29) is 24.1 Å². The third kappa shape index (κ3) is 3.94. The lowest BCUT2D eigenvalue weighted by Gasteiger charge is -2.19. The molecule has 1 aromatic rings. The van der Waals surface area contributed by atoms with Crippen LogP contribution in [0.3, 0.4) is 0 Å². The second-order valence-electron chi connectivity index (χ2n) is 5.08. The Bertz CT molecular complexity index is 529. The van der Waals surface area contributed by atoms with Crippen molar-refractivity contribution in [3.8, 4) is 0 Å². The van der Waals surface area contributed by atoms with Crippen LogP contribution in [0.1, 0.15) is 29.8 Å². The van der Waals surface area contributed by atoms with E-state index < -0.39 is 11.7 Å². The lowest BCUT2D eigenvalue weighted by atomic mass is 10.1. The highest BCUT2D eigenvalue weighted by Crippen LogP contribution is 2.18. The van der Waals surface area contributed by atoms with E-state index in [1.165, 1.54) is 26.1 Å². The predicted octanol–water partition coefficient (Wildman–Crippen LogP) is 1.31. The lowest BCUT2D eigenvalue weighted by Crippen LogP contribution is -2.41. The van der Waals surface area contributed by atoms with Gasteiger partial charge in [-0.3, -0.25) is 9.59 Å². The third-order valence-corrected chi connectivity index (χ3v) is 2.68. The van der Waals surface area contributed by atoms with Gasteiger partial charge in [0, 0.05) is 18.8 Å². The maximum absolute atomic E-state index is 13.9. The van der Waals surface area contributed by atoms with E-state index in [9.17, 15) is 14.0 Å². The first-order valence-corrected chi connectivity index (χ1v) is 6.32. The first-order valence-electron chi connectivity index (χ1n) is 6.32. The highest BCUT2D eigenvalue weighted by atomic mass is 19.1. The van der Waals surface area contributed by atoms with Crippen LogP contribution in [0.4, 0.5) is 10.1 Å². The molecular weight excluding hydrogens is 261 g/mol. The molecule has 20 heavy (non-hydrogen) atoms. The van der Waals surface area contributed by atoms with E-state index in [0.29, 0.717) is 11.3 Å². The number of anilines is 1. The molecule has 1 aromatic carbocycles. The summed E-state index contributed by atoms with van der Waals surface area (Å²) < 4.78 is 13.9. The van der Waals surface area contributed by atoms with Crippen molar-refractivity contribution in [2.24, 2.45) is 0 Å². The molecule has 0 aromatic heterocycles. The zero-order valence-electron chi connectivity index (χ0n) is 12.2. The maximum atomic E-state index is 13.9. The predicted molar refractivity (Wildman–Crippen MR) is 75.8 cm³/mol. The van der Waals surface area contributed by atoms with Gasteiger partial charge in [0.1, 0.15) is 5.82 Å². The number of halogens is 1. The summed E-state index contributed by atoms with van der Waals surface area (Å²) in [6, 6.07) is 2.72. The average molecular weight is 281 g/mol. The molecule has 110 valence electrons. The molecule has 0 saturated heterocycles. The number of benzene rings is 1. The fourth-order valence-corrected chi connectivity index (χ4v) is 1.81. The number of nitrogens with two attached hydrogens (primary N) is 1. The number of hydrogen-bond donors (Lipinski definition) is 2. The third-order valence-electron chi connectivity index (χ3n) is 2.68. The van der Waals surface area contributed by atoms with Crippen LogP contribution < -0.4 is 11.1 Å². The van der Waals surface area contributed by atoms with E-state index in [1.807, 2.05) is 13.8 Å². The first-order chi connectivity index (χ1) is 9.22. The summed E-state index contributed by atoms with van der Waals surface area (Å²) in [5.74, 6) is -1.48. The Balaban J connectivity index is 2.87. The number of aryl methyl sites for hydroxylation is 1. The SMILES string of the molecule is Cc1cc(N)cc(C(=O)N(C)CC(=O)NC(C)C)c1F. The van der Waals surface area contributed by atoms with E-state index in [0.717, 1.165) is 4.90 Å². The molecule has 0 bridgehead atoms. The van der Waals surface area contributed by atoms with Gasteiger partial charge in [-0.05, 0) is 38.5 Å². The normalized spacial score (nSPS) is 10.5. The number of carbonyl (C=O) groups is 2. The number of nitrogen functional groups attached to an aromatic ring is 1. The van der Waals surface area contributed by atoms with Gasteiger partial charge in [-0.25, -0.2) is 4.39 Å². The average Bonchev–Trinajstić information content (AvgIpc) is 2.31. The Morgan fingerprint density at radius 3 is 2.55 bits per heavy atom. The Morgan fingerprint density at radius 2 is 2.00 bits per heavy atom. The minimum absolute atomic E-state index is 0.0163. The van der Waals surface area contributed by atoms with Crippen LogP contribution >= 0.6 is 0 Å². The highest BCUT2D eigenvalue weighted by Gasteiger charge is 2.20. The second-order valence-corrected chi connectivity index (χ2v) is 5.08. The van der Waals surface area contributed by atoms with Gasteiger partial charge in [0.05, 0.1) is 12.1 Å².